The van der Waals surface area contributed by atoms with Gasteiger partial charge in [-0.1, -0.05) is 0 Å². The lowest BCUT2D eigenvalue weighted by atomic mass is 10.2. The van der Waals surface area contributed by atoms with Gasteiger partial charge >= 0.3 is 12.4 Å². The number of hydrogen-bond acceptors (Lipinski definition) is 4. The number of rotatable bonds is 9. The normalized spacial score (nSPS) is 8.67. The minimum Gasteiger partial charge on any atom is -0.361 e. The van der Waals surface area contributed by atoms with E-state index in [-0.39, 0.29) is 25.9 Å². The van der Waals surface area contributed by atoms with Crippen LogP contribution >= 0.6 is 0 Å². The molecule has 0 aliphatic heterocycles. The van der Waals surface area contributed by atoms with Crippen molar-refractivity contribution in [1.29, 1.82) is 0 Å². The van der Waals surface area contributed by atoms with Gasteiger partial charge in [0.2, 0.25) is 11.6 Å². The van der Waals surface area contributed by atoms with Gasteiger partial charge in [-0.25, -0.2) is 10.1 Å². The molecule has 0 radical (unpaired) electrons. The fraction of sp³-hybridized carbons (Fsp3) is 0.500. The number of carbonyl (C=O) groups excluding carboxylic acids is 2. The Hall–Kier alpha value is -2.70. The first-order valence-electron chi connectivity index (χ1n) is 4.81. The first-order valence-corrected chi connectivity index (χ1v) is 4.81. The highest BCUT2D eigenvalue weighted by Crippen LogP contribution is 1.95. The first kappa shape index (κ1) is 15.3. The van der Waals surface area contributed by atoms with Crippen molar-refractivity contribution in [2.45, 2.75) is 12.8 Å². The van der Waals surface area contributed by atoms with Crippen molar-refractivity contribution in [1.82, 2.24) is 5.01 Å². The maximum absolute atomic E-state index is 10.9. The van der Waals surface area contributed by atoms with Crippen LogP contribution in [0.15, 0.2) is 0 Å². The van der Waals surface area contributed by atoms with Crippen LogP contribution in [0.3, 0.4) is 0 Å². The number of carbonyl (C=O) groups is 2. The zero-order valence-electron chi connectivity index (χ0n) is 9.30. The van der Waals surface area contributed by atoms with Crippen molar-refractivity contribution < 1.29 is 24.2 Å². The van der Waals surface area contributed by atoms with Gasteiger partial charge in [-0.2, -0.15) is 9.58 Å². The van der Waals surface area contributed by atoms with Crippen LogP contribution in [0.25, 0.3) is 11.1 Å². The number of hydrazine groups is 1. The van der Waals surface area contributed by atoms with Crippen molar-refractivity contribution >= 4 is 24.0 Å². The summed E-state index contributed by atoms with van der Waals surface area (Å²) < 4.78 is 0. The molecule has 0 fully saturated rings. The van der Waals surface area contributed by atoms with Gasteiger partial charge in [-0.05, 0) is 0 Å². The Balaban J connectivity index is 4.27. The van der Waals surface area contributed by atoms with Gasteiger partial charge in [-0.15, -0.1) is 5.01 Å². The summed E-state index contributed by atoms with van der Waals surface area (Å²) in [6.45, 7) is -0.442. The molecule has 0 saturated heterocycles. The van der Waals surface area contributed by atoms with Gasteiger partial charge in [0.15, 0.2) is 5.03 Å². The SMILES string of the molecule is [N-]=[N+]=CC(=O)CCN(CCC(=O)C=[N+]=[N-])[N+](=O)[O-]. The second-order valence-electron chi connectivity index (χ2n) is 3.11. The van der Waals surface area contributed by atoms with E-state index in [1.807, 2.05) is 0 Å². The van der Waals surface area contributed by atoms with E-state index >= 15 is 0 Å². The standard InChI is InChI=1S/C8H10N6O4/c9-11-5-7(15)1-3-13(14(17)18)4-2-8(16)6-12-10/h5-6H,1-4H2. The Labute approximate surface area is 101 Å². The fourth-order valence-corrected chi connectivity index (χ4v) is 1.01. The lowest BCUT2D eigenvalue weighted by Gasteiger charge is -2.11. The number of nitrogens with zero attached hydrogens (tertiary/aromatic N) is 6. The number of Topliss-reactive ketones (excluding diaryl/α,β-unsaturated/α-hetero) is 2. The Morgan fingerprint density at radius 2 is 1.50 bits per heavy atom. The summed E-state index contributed by atoms with van der Waals surface area (Å²) in [7, 11) is 0. The lowest BCUT2D eigenvalue weighted by molar-refractivity contribution is -0.655. The molecule has 18 heavy (non-hydrogen) atoms. The monoisotopic (exact) mass is 254 g/mol. The van der Waals surface area contributed by atoms with E-state index in [1.165, 1.54) is 0 Å². The molecule has 0 unspecified atom stereocenters. The van der Waals surface area contributed by atoms with Gasteiger partial charge < -0.3 is 11.1 Å². The summed E-state index contributed by atoms with van der Waals surface area (Å²) in [5, 5.41) is 10.5. The maximum Gasteiger partial charge on any atom is 0.323 e. The van der Waals surface area contributed by atoms with Gasteiger partial charge in [0.05, 0.1) is 13.1 Å². The predicted octanol–water partition coefficient (Wildman–Crippen LogP) is -1.00. The maximum atomic E-state index is 10.9. The Kier molecular flexibility index (Phi) is 7.18. The van der Waals surface area contributed by atoms with Crippen molar-refractivity contribution in [3.8, 4) is 0 Å². The lowest BCUT2D eigenvalue weighted by Crippen LogP contribution is -2.34. The molecule has 0 aliphatic rings. The highest BCUT2D eigenvalue weighted by atomic mass is 16.7. The number of ketones is 2. The van der Waals surface area contributed by atoms with E-state index in [0.717, 1.165) is 0 Å². The third-order valence-corrected chi connectivity index (χ3v) is 1.87. The molecular formula is C8H10N6O4. The molecule has 10 nitrogen and oxygen atoms in total. The predicted molar refractivity (Wildman–Crippen MR) is 57.2 cm³/mol. The zero-order chi connectivity index (χ0) is 14.0. The second-order valence-corrected chi connectivity index (χ2v) is 3.11. The minimum atomic E-state index is -0.743. The highest BCUT2D eigenvalue weighted by Gasteiger charge is 2.18. The van der Waals surface area contributed by atoms with Crippen LogP contribution in [0.2, 0.25) is 0 Å². The van der Waals surface area contributed by atoms with E-state index in [9.17, 15) is 19.7 Å². The van der Waals surface area contributed by atoms with Crippen molar-refractivity contribution in [2.24, 2.45) is 0 Å². The summed E-state index contributed by atoms with van der Waals surface area (Å²) >= 11 is 0. The Morgan fingerprint density at radius 1 is 1.11 bits per heavy atom. The van der Waals surface area contributed by atoms with Crippen molar-refractivity contribution in [2.75, 3.05) is 13.1 Å². The quantitative estimate of drug-likeness (QED) is 0.170. The summed E-state index contributed by atoms with van der Waals surface area (Å²) in [6, 6.07) is 0. The van der Waals surface area contributed by atoms with E-state index in [0.29, 0.717) is 17.4 Å². The van der Waals surface area contributed by atoms with Gasteiger partial charge in [0.25, 0.3) is 0 Å². The number of nitro groups is 1. The minimum absolute atomic E-state index is 0.215. The molecule has 0 amide bonds. The van der Waals surface area contributed by atoms with Crippen LogP contribution in [0.5, 0.6) is 0 Å². The Morgan fingerprint density at radius 3 is 1.78 bits per heavy atom. The summed E-state index contributed by atoms with van der Waals surface area (Å²) in [5.74, 6) is -1.15. The molecule has 0 aliphatic carbocycles. The van der Waals surface area contributed by atoms with Crippen LogP contribution in [0.4, 0.5) is 0 Å². The van der Waals surface area contributed by atoms with Gasteiger partial charge in [0, 0.05) is 12.8 Å². The van der Waals surface area contributed by atoms with Gasteiger partial charge in [-0.3, -0.25) is 9.59 Å². The van der Waals surface area contributed by atoms with Crippen LogP contribution in [0.1, 0.15) is 12.8 Å². The zero-order valence-corrected chi connectivity index (χ0v) is 9.30. The highest BCUT2D eigenvalue weighted by molar-refractivity contribution is 6.25. The topological polar surface area (TPSA) is 153 Å². The Bertz CT molecular complexity index is 401. The smallest absolute Gasteiger partial charge is 0.323 e. The van der Waals surface area contributed by atoms with Crippen LogP contribution < -0.4 is 0 Å². The number of hydrogen-bond donors (Lipinski definition) is 0. The average Bonchev–Trinajstić information content (AvgIpc) is 2.29. The molecule has 0 aromatic carbocycles. The molecule has 0 saturated carbocycles. The molecule has 0 bridgehead atoms. The van der Waals surface area contributed by atoms with Crippen molar-refractivity contribution in [3.63, 3.8) is 0 Å². The first-order chi connectivity index (χ1) is 8.51. The molecule has 0 N–H and O–H groups in total. The molecular weight excluding hydrogens is 244 g/mol. The van der Waals surface area contributed by atoms with Gasteiger partial charge in [0.1, 0.15) is 0 Å². The third kappa shape index (κ3) is 6.72. The molecule has 0 aromatic heterocycles. The molecule has 0 aromatic rings. The van der Waals surface area contributed by atoms with Crippen LogP contribution in [-0.2, 0) is 9.59 Å². The molecule has 96 valence electrons. The average molecular weight is 254 g/mol. The second kappa shape index (κ2) is 8.45. The van der Waals surface area contributed by atoms with E-state index in [2.05, 4.69) is 9.58 Å². The van der Waals surface area contributed by atoms with E-state index in [4.69, 9.17) is 11.1 Å². The molecule has 0 heterocycles. The molecule has 10 heteroatoms. The molecule has 0 rings (SSSR count). The van der Waals surface area contributed by atoms with E-state index in [1.54, 1.807) is 0 Å². The molecule has 0 spiro atoms. The molecule has 0 atom stereocenters. The summed E-state index contributed by atoms with van der Waals surface area (Å²) in [4.78, 5) is 37.4. The summed E-state index contributed by atoms with van der Waals surface area (Å²) in [6.07, 6.45) is 0.851. The fourth-order valence-electron chi connectivity index (χ4n) is 1.01. The largest absolute Gasteiger partial charge is 0.361 e. The van der Waals surface area contributed by atoms with Crippen molar-refractivity contribution in [3.05, 3.63) is 21.2 Å². The van der Waals surface area contributed by atoms with Crippen LogP contribution in [0, 0.1) is 10.1 Å². The van der Waals surface area contributed by atoms with Crippen LogP contribution in [-0.4, -0.2) is 56.7 Å². The van der Waals surface area contributed by atoms with E-state index < -0.39 is 16.6 Å². The summed E-state index contributed by atoms with van der Waals surface area (Å²) in [5.41, 5.74) is 16.1. The third-order valence-electron chi connectivity index (χ3n) is 1.87.